The fourth-order valence-electron chi connectivity index (χ4n) is 2.92. The van der Waals surface area contributed by atoms with Crippen molar-refractivity contribution in [2.75, 3.05) is 11.5 Å². The largest absolute Gasteiger partial charge is 0.494 e. The maximum absolute atomic E-state index is 13.0. The van der Waals surface area contributed by atoms with Crippen molar-refractivity contribution in [2.45, 2.75) is 13.8 Å². The molecule has 3 aromatic carbocycles. The third-order valence-electron chi connectivity index (χ3n) is 4.44. The van der Waals surface area contributed by atoms with Crippen LogP contribution in [0.5, 0.6) is 5.75 Å². The molecule has 6 nitrogen and oxygen atoms in total. The molecule has 0 saturated carbocycles. The molecular formula is C24H24N2O4S. The van der Waals surface area contributed by atoms with Gasteiger partial charge >= 0.3 is 6.03 Å². The van der Waals surface area contributed by atoms with Crippen LogP contribution >= 0.6 is 0 Å². The molecule has 2 amide bonds. The van der Waals surface area contributed by atoms with Gasteiger partial charge in [-0.2, -0.15) is 0 Å². The van der Waals surface area contributed by atoms with Crippen molar-refractivity contribution in [1.29, 1.82) is 0 Å². The van der Waals surface area contributed by atoms with E-state index < -0.39 is 16.1 Å². The second kappa shape index (κ2) is 9.95. The van der Waals surface area contributed by atoms with Crippen molar-refractivity contribution in [3.05, 3.63) is 95.4 Å². The Bertz CT molecular complexity index is 1100. The lowest BCUT2D eigenvalue weighted by Gasteiger charge is -2.23. The summed E-state index contributed by atoms with van der Waals surface area (Å²) in [4.78, 5) is 14.4. The normalized spacial score (nSPS) is 11.6. The fraction of sp³-hybridized carbons (Fsp3) is 0.125. The fourth-order valence-corrected chi connectivity index (χ4v) is 3.69. The standard InChI is InChI=1S/C24H24N2O4S/c1-3-30-23-16-14-20(15-17-23)18-19(2)31(28,29)25-24(27)26(21-10-6-4-7-11-21)22-12-8-5-9-13-22/h4-18H,3H2,1-2H3,(H,25,27). The maximum atomic E-state index is 13.0. The zero-order valence-electron chi connectivity index (χ0n) is 17.4. The lowest BCUT2D eigenvalue weighted by molar-refractivity contribution is 0.253. The first-order valence-electron chi connectivity index (χ1n) is 9.79. The first-order chi connectivity index (χ1) is 14.9. The molecule has 0 saturated heterocycles. The molecule has 0 aromatic heterocycles. The van der Waals surface area contributed by atoms with Gasteiger partial charge in [-0.05, 0) is 61.9 Å². The number of hydrogen-bond donors (Lipinski definition) is 1. The molecule has 0 atom stereocenters. The molecule has 31 heavy (non-hydrogen) atoms. The minimum Gasteiger partial charge on any atom is -0.494 e. The minimum absolute atomic E-state index is 0.0195. The Hall–Kier alpha value is -3.58. The first-order valence-corrected chi connectivity index (χ1v) is 11.3. The van der Waals surface area contributed by atoms with E-state index in [0.717, 1.165) is 0 Å². The highest BCUT2D eigenvalue weighted by molar-refractivity contribution is 7.94. The molecule has 0 aliphatic heterocycles. The molecule has 0 fully saturated rings. The molecule has 3 aromatic rings. The van der Waals surface area contributed by atoms with Crippen LogP contribution in [0.25, 0.3) is 6.08 Å². The van der Waals surface area contributed by atoms with E-state index in [-0.39, 0.29) is 4.91 Å². The van der Waals surface area contributed by atoms with E-state index >= 15 is 0 Å². The number of hydrogen-bond acceptors (Lipinski definition) is 4. The Kier molecular flexibility index (Phi) is 7.10. The molecule has 7 heteroatoms. The van der Waals surface area contributed by atoms with Crippen LogP contribution < -0.4 is 14.4 Å². The number of sulfonamides is 1. The summed E-state index contributed by atoms with van der Waals surface area (Å²) in [6, 6.07) is 24.0. The zero-order chi connectivity index (χ0) is 22.3. The van der Waals surface area contributed by atoms with Gasteiger partial charge in [0.05, 0.1) is 22.9 Å². The number of para-hydroxylation sites is 2. The monoisotopic (exact) mass is 436 g/mol. The average molecular weight is 437 g/mol. The van der Waals surface area contributed by atoms with Crippen molar-refractivity contribution in [3.8, 4) is 5.75 Å². The van der Waals surface area contributed by atoms with Gasteiger partial charge in [0.25, 0.3) is 10.0 Å². The first kappa shape index (κ1) is 22.1. The van der Waals surface area contributed by atoms with Crippen LogP contribution in [0.3, 0.4) is 0 Å². The van der Waals surface area contributed by atoms with Crippen LogP contribution in [0.1, 0.15) is 19.4 Å². The topological polar surface area (TPSA) is 75.7 Å². The summed E-state index contributed by atoms with van der Waals surface area (Å²) in [6.07, 6.45) is 1.50. The van der Waals surface area contributed by atoms with Gasteiger partial charge in [-0.15, -0.1) is 0 Å². The number of rotatable bonds is 7. The molecule has 0 unspecified atom stereocenters. The zero-order valence-corrected chi connectivity index (χ0v) is 18.2. The summed E-state index contributed by atoms with van der Waals surface area (Å²) in [6.45, 7) is 3.89. The lowest BCUT2D eigenvalue weighted by atomic mass is 10.2. The number of amides is 2. The molecule has 0 radical (unpaired) electrons. The van der Waals surface area contributed by atoms with Crippen LogP contribution in [0.4, 0.5) is 16.2 Å². The third-order valence-corrected chi connectivity index (χ3v) is 5.85. The highest BCUT2D eigenvalue weighted by atomic mass is 32.2. The number of benzene rings is 3. The van der Waals surface area contributed by atoms with Crippen molar-refractivity contribution in [3.63, 3.8) is 0 Å². The van der Waals surface area contributed by atoms with Crippen LogP contribution in [-0.4, -0.2) is 21.1 Å². The van der Waals surface area contributed by atoms with E-state index in [9.17, 15) is 13.2 Å². The van der Waals surface area contributed by atoms with Crippen molar-refractivity contribution >= 4 is 33.5 Å². The number of carbonyl (C=O) groups is 1. The van der Waals surface area contributed by atoms with E-state index in [4.69, 9.17) is 4.74 Å². The highest BCUT2D eigenvalue weighted by Crippen LogP contribution is 2.25. The predicted molar refractivity (Wildman–Crippen MR) is 124 cm³/mol. The quantitative estimate of drug-likeness (QED) is 0.544. The number of anilines is 2. The number of allylic oxidation sites excluding steroid dienone is 1. The SMILES string of the molecule is CCOc1ccc(C=C(C)S(=O)(=O)NC(=O)N(c2ccccc2)c2ccccc2)cc1. The second-order valence-electron chi connectivity index (χ2n) is 6.67. The lowest BCUT2D eigenvalue weighted by Crippen LogP contribution is -2.40. The van der Waals surface area contributed by atoms with E-state index in [1.54, 1.807) is 72.8 Å². The molecule has 0 aliphatic rings. The molecular weight excluding hydrogens is 412 g/mol. The number of urea groups is 1. The number of ether oxygens (including phenoxy) is 1. The van der Waals surface area contributed by atoms with Gasteiger partial charge in [-0.1, -0.05) is 48.5 Å². The number of nitrogens with zero attached hydrogens (tertiary/aromatic N) is 1. The summed E-state index contributed by atoms with van der Waals surface area (Å²) in [7, 11) is -4.05. The molecule has 0 aliphatic carbocycles. The Morgan fingerprint density at radius 1 is 0.903 bits per heavy atom. The second-order valence-corrected chi connectivity index (χ2v) is 8.53. The Balaban J connectivity index is 1.85. The van der Waals surface area contributed by atoms with Crippen LogP contribution in [0.15, 0.2) is 89.8 Å². The van der Waals surface area contributed by atoms with E-state index in [2.05, 4.69) is 4.72 Å². The van der Waals surface area contributed by atoms with Crippen molar-refractivity contribution in [2.24, 2.45) is 0 Å². The smallest absolute Gasteiger partial charge is 0.340 e. The average Bonchev–Trinajstić information content (AvgIpc) is 2.76. The molecule has 0 spiro atoms. The van der Waals surface area contributed by atoms with E-state index in [1.165, 1.54) is 17.9 Å². The predicted octanol–water partition coefficient (Wildman–Crippen LogP) is 5.32. The third kappa shape index (κ3) is 5.73. The highest BCUT2D eigenvalue weighted by Gasteiger charge is 2.24. The van der Waals surface area contributed by atoms with Gasteiger partial charge in [-0.25, -0.2) is 17.9 Å². The number of nitrogens with one attached hydrogen (secondary N) is 1. The van der Waals surface area contributed by atoms with Crippen LogP contribution in [0, 0.1) is 0 Å². The summed E-state index contributed by atoms with van der Waals surface area (Å²) in [5.41, 5.74) is 1.78. The van der Waals surface area contributed by atoms with Gasteiger partial charge in [-0.3, -0.25) is 4.90 Å². The summed E-state index contributed by atoms with van der Waals surface area (Å²) in [5, 5.41) is 0. The van der Waals surface area contributed by atoms with Gasteiger partial charge in [0, 0.05) is 0 Å². The van der Waals surface area contributed by atoms with Crippen molar-refractivity contribution in [1.82, 2.24) is 4.72 Å². The van der Waals surface area contributed by atoms with Gasteiger partial charge < -0.3 is 4.74 Å². The molecule has 1 N–H and O–H groups in total. The Morgan fingerprint density at radius 3 is 1.90 bits per heavy atom. The van der Waals surface area contributed by atoms with Gasteiger partial charge in [0.1, 0.15) is 5.75 Å². The molecule has 160 valence electrons. The summed E-state index contributed by atoms with van der Waals surface area (Å²) >= 11 is 0. The van der Waals surface area contributed by atoms with Crippen LogP contribution in [0.2, 0.25) is 0 Å². The Labute approximate surface area is 182 Å². The summed E-state index contributed by atoms with van der Waals surface area (Å²) < 4.78 is 33.2. The molecule has 0 heterocycles. The maximum Gasteiger partial charge on any atom is 0.340 e. The van der Waals surface area contributed by atoms with Crippen molar-refractivity contribution < 1.29 is 17.9 Å². The Morgan fingerprint density at radius 2 is 1.42 bits per heavy atom. The van der Waals surface area contributed by atoms with Crippen LogP contribution in [-0.2, 0) is 10.0 Å². The number of carbonyl (C=O) groups excluding carboxylic acids is 1. The van der Waals surface area contributed by atoms with E-state index in [0.29, 0.717) is 29.3 Å². The minimum atomic E-state index is -4.05. The van der Waals surface area contributed by atoms with E-state index in [1.807, 2.05) is 19.1 Å². The summed E-state index contributed by atoms with van der Waals surface area (Å²) in [5.74, 6) is 0.704. The molecule has 0 bridgehead atoms. The van der Waals surface area contributed by atoms with Gasteiger partial charge in [0.2, 0.25) is 0 Å². The van der Waals surface area contributed by atoms with Gasteiger partial charge in [0.15, 0.2) is 0 Å². The molecule has 3 rings (SSSR count).